The zero-order chi connectivity index (χ0) is 13.1. The number of hydrogen-bond acceptors (Lipinski definition) is 4. The van der Waals surface area contributed by atoms with Gasteiger partial charge in [-0.05, 0) is 18.9 Å². The molecule has 1 aliphatic carbocycles. The minimum absolute atomic E-state index is 0.533. The highest BCUT2D eigenvalue weighted by Gasteiger charge is 2.28. The molecular weight excluding hydrogens is 238 g/mol. The van der Waals surface area contributed by atoms with E-state index >= 15 is 0 Å². The van der Waals surface area contributed by atoms with Crippen LogP contribution in [-0.2, 0) is 0 Å². The van der Waals surface area contributed by atoms with Gasteiger partial charge in [0.25, 0.3) is 0 Å². The van der Waals surface area contributed by atoms with Crippen LogP contribution in [-0.4, -0.2) is 27.2 Å². The quantitative estimate of drug-likeness (QED) is 0.887. The maximum absolute atomic E-state index is 10.4. The summed E-state index contributed by atoms with van der Waals surface area (Å²) >= 11 is 0. The molecular formula is C15H19N3O. The van der Waals surface area contributed by atoms with Crippen molar-refractivity contribution in [2.75, 3.05) is 11.9 Å². The number of nitrogens with one attached hydrogen (secondary N) is 1. The molecule has 2 aromatic rings. The van der Waals surface area contributed by atoms with Crippen LogP contribution in [0.5, 0.6) is 0 Å². The van der Waals surface area contributed by atoms with Gasteiger partial charge in [0.1, 0.15) is 0 Å². The molecule has 3 rings (SSSR count). The van der Waals surface area contributed by atoms with Crippen LogP contribution in [0.25, 0.3) is 10.9 Å². The fourth-order valence-electron chi connectivity index (χ4n) is 2.69. The lowest BCUT2D eigenvalue weighted by Crippen LogP contribution is -2.39. The van der Waals surface area contributed by atoms with Gasteiger partial charge in [0.15, 0.2) is 0 Å². The zero-order valence-corrected chi connectivity index (χ0v) is 11.0. The summed E-state index contributed by atoms with van der Waals surface area (Å²) in [5, 5.41) is 14.6. The van der Waals surface area contributed by atoms with Gasteiger partial charge in [-0.15, -0.1) is 0 Å². The van der Waals surface area contributed by atoms with Crippen LogP contribution in [0.2, 0.25) is 0 Å². The fourth-order valence-corrected chi connectivity index (χ4v) is 2.69. The molecule has 0 saturated heterocycles. The Balaban J connectivity index is 1.71. The summed E-state index contributed by atoms with van der Waals surface area (Å²) in [4.78, 5) is 8.75. The van der Waals surface area contributed by atoms with E-state index in [1.165, 1.54) is 6.42 Å². The van der Waals surface area contributed by atoms with E-state index in [9.17, 15) is 5.11 Å². The van der Waals surface area contributed by atoms with E-state index in [-0.39, 0.29) is 0 Å². The number of para-hydroxylation sites is 1. The molecule has 1 aromatic carbocycles. The Morgan fingerprint density at radius 3 is 2.79 bits per heavy atom. The molecule has 1 heterocycles. The van der Waals surface area contributed by atoms with Crippen molar-refractivity contribution in [3.63, 3.8) is 0 Å². The van der Waals surface area contributed by atoms with Crippen LogP contribution in [0.3, 0.4) is 0 Å². The number of aliphatic hydroxyl groups is 1. The minimum atomic E-state index is -0.590. The number of fused-ring (bicyclic) bond motifs is 1. The first-order valence-corrected chi connectivity index (χ1v) is 6.93. The average molecular weight is 257 g/mol. The smallest absolute Gasteiger partial charge is 0.223 e. The van der Waals surface area contributed by atoms with Crippen molar-refractivity contribution in [1.82, 2.24) is 9.97 Å². The van der Waals surface area contributed by atoms with Crippen LogP contribution in [0.15, 0.2) is 30.5 Å². The Morgan fingerprint density at radius 1 is 1.16 bits per heavy atom. The van der Waals surface area contributed by atoms with Crippen molar-refractivity contribution in [2.45, 2.75) is 37.7 Å². The first-order chi connectivity index (χ1) is 9.25. The highest BCUT2D eigenvalue weighted by molar-refractivity contribution is 5.78. The zero-order valence-electron chi connectivity index (χ0n) is 11.0. The van der Waals surface area contributed by atoms with Crippen molar-refractivity contribution in [1.29, 1.82) is 0 Å². The van der Waals surface area contributed by atoms with Gasteiger partial charge < -0.3 is 10.4 Å². The van der Waals surface area contributed by atoms with Gasteiger partial charge >= 0.3 is 0 Å². The number of benzene rings is 1. The highest BCUT2D eigenvalue weighted by atomic mass is 16.3. The lowest BCUT2D eigenvalue weighted by Gasteiger charge is -2.32. The van der Waals surface area contributed by atoms with Crippen LogP contribution >= 0.6 is 0 Å². The molecule has 0 atom stereocenters. The predicted octanol–water partition coefficient (Wildman–Crippen LogP) is 2.74. The Kier molecular flexibility index (Phi) is 3.34. The summed E-state index contributed by atoms with van der Waals surface area (Å²) in [6.45, 7) is 0.533. The fraction of sp³-hybridized carbons (Fsp3) is 0.467. The lowest BCUT2D eigenvalue weighted by atomic mass is 9.85. The molecule has 0 radical (unpaired) electrons. The SMILES string of the molecule is OC1(CNc2ncc3ccccc3n2)CCCCC1. The number of anilines is 1. The molecule has 1 aromatic heterocycles. The summed E-state index contributed by atoms with van der Waals surface area (Å²) in [7, 11) is 0. The lowest BCUT2D eigenvalue weighted by molar-refractivity contribution is 0.0166. The first kappa shape index (κ1) is 12.4. The third kappa shape index (κ3) is 2.84. The second-order valence-corrected chi connectivity index (χ2v) is 5.39. The third-order valence-electron chi connectivity index (χ3n) is 3.85. The number of aromatic nitrogens is 2. The highest BCUT2D eigenvalue weighted by Crippen LogP contribution is 2.28. The van der Waals surface area contributed by atoms with Crippen molar-refractivity contribution < 1.29 is 5.11 Å². The summed E-state index contributed by atoms with van der Waals surface area (Å²) in [6, 6.07) is 7.91. The molecule has 19 heavy (non-hydrogen) atoms. The molecule has 4 heteroatoms. The molecule has 0 bridgehead atoms. The molecule has 100 valence electrons. The van der Waals surface area contributed by atoms with Gasteiger partial charge in [0, 0.05) is 18.1 Å². The number of rotatable bonds is 3. The molecule has 0 amide bonds. The molecule has 4 nitrogen and oxygen atoms in total. The topological polar surface area (TPSA) is 58.0 Å². The Hall–Kier alpha value is -1.68. The maximum atomic E-state index is 10.4. The molecule has 0 aliphatic heterocycles. The Bertz CT molecular complexity index is 564. The van der Waals surface area contributed by atoms with Gasteiger partial charge in [-0.25, -0.2) is 9.97 Å². The minimum Gasteiger partial charge on any atom is -0.388 e. The number of nitrogens with zero attached hydrogens (tertiary/aromatic N) is 2. The van der Waals surface area contributed by atoms with E-state index in [4.69, 9.17) is 0 Å². The molecule has 1 saturated carbocycles. The molecule has 2 N–H and O–H groups in total. The molecule has 0 spiro atoms. The Morgan fingerprint density at radius 2 is 1.95 bits per heavy atom. The van der Waals surface area contributed by atoms with E-state index in [1.54, 1.807) is 0 Å². The van der Waals surface area contributed by atoms with Crippen LogP contribution < -0.4 is 5.32 Å². The summed E-state index contributed by atoms with van der Waals surface area (Å²) in [5.74, 6) is 0.595. The van der Waals surface area contributed by atoms with Gasteiger partial charge in [-0.2, -0.15) is 0 Å². The van der Waals surface area contributed by atoms with Crippen molar-refractivity contribution in [3.8, 4) is 0 Å². The normalized spacial score (nSPS) is 18.4. The van der Waals surface area contributed by atoms with Gasteiger partial charge in [-0.1, -0.05) is 37.5 Å². The second kappa shape index (κ2) is 5.13. The van der Waals surface area contributed by atoms with E-state index in [2.05, 4.69) is 15.3 Å². The van der Waals surface area contributed by atoms with E-state index < -0.39 is 5.60 Å². The van der Waals surface area contributed by atoms with Crippen LogP contribution in [0, 0.1) is 0 Å². The largest absolute Gasteiger partial charge is 0.388 e. The molecule has 0 unspecified atom stereocenters. The van der Waals surface area contributed by atoms with Crippen molar-refractivity contribution >= 4 is 16.9 Å². The van der Waals surface area contributed by atoms with E-state index in [1.807, 2.05) is 30.5 Å². The van der Waals surface area contributed by atoms with E-state index in [0.29, 0.717) is 12.5 Å². The van der Waals surface area contributed by atoms with E-state index in [0.717, 1.165) is 36.6 Å². The van der Waals surface area contributed by atoms with Gasteiger partial charge in [0.05, 0.1) is 11.1 Å². The summed E-state index contributed by atoms with van der Waals surface area (Å²) in [5.41, 5.74) is 0.336. The van der Waals surface area contributed by atoms with Gasteiger partial charge in [-0.3, -0.25) is 0 Å². The monoisotopic (exact) mass is 257 g/mol. The maximum Gasteiger partial charge on any atom is 0.223 e. The number of hydrogen-bond donors (Lipinski definition) is 2. The first-order valence-electron chi connectivity index (χ1n) is 6.93. The predicted molar refractivity (Wildman–Crippen MR) is 76.1 cm³/mol. The Labute approximate surface area is 112 Å². The summed E-state index contributed by atoms with van der Waals surface area (Å²) in [6.07, 6.45) is 7.00. The van der Waals surface area contributed by atoms with Crippen LogP contribution in [0.4, 0.5) is 5.95 Å². The van der Waals surface area contributed by atoms with Crippen molar-refractivity contribution in [2.24, 2.45) is 0 Å². The molecule has 1 aliphatic rings. The van der Waals surface area contributed by atoms with Gasteiger partial charge in [0.2, 0.25) is 5.95 Å². The second-order valence-electron chi connectivity index (χ2n) is 5.39. The standard InChI is InChI=1S/C15H19N3O/c19-15(8-4-1-5-9-15)11-17-14-16-10-12-6-2-3-7-13(12)18-14/h2-3,6-7,10,19H,1,4-5,8-9,11H2,(H,16,17,18). The van der Waals surface area contributed by atoms with Crippen LogP contribution in [0.1, 0.15) is 32.1 Å². The third-order valence-corrected chi connectivity index (χ3v) is 3.85. The average Bonchev–Trinajstić information content (AvgIpc) is 2.46. The summed E-state index contributed by atoms with van der Waals surface area (Å²) < 4.78 is 0. The molecule has 1 fully saturated rings. The van der Waals surface area contributed by atoms with Crippen molar-refractivity contribution in [3.05, 3.63) is 30.5 Å².